The molecule has 1 aromatic heterocycles. The second-order valence-electron chi connectivity index (χ2n) is 8.73. The maximum atomic E-state index is 13.9. The van der Waals surface area contributed by atoms with Crippen LogP contribution in [-0.4, -0.2) is 38.9 Å². The van der Waals surface area contributed by atoms with Crippen LogP contribution in [0.25, 0.3) is 10.9 Å². The molecule has 0 radical (unpaired) electrons. The smallest absolute Gasteiger partial charge is 0.337 e. The molecule has 2 aliphatic rings. The van der Waals surface area contributed by atoms with Crippen molar-refractivity contribution in [1.29, 1.82) is 0 Å². The Balaban J connectivity index is 1.57. The number of fused-ring (bicyclic) bond motifs is 4. The zero-order valence-electron chi connectivity index (χ0n) is 18.4. The van der Waals surface area contributed by atoms with Gasteiger partial charge in [0.15, 0.2) is 0 Å². The maximum Gasteiger partial charge on any atom is 0.337 e. The number of H-pyrrole nitrogens is 1. The molecule has 0 spiro atoms. The Morgan fingerprint density at radius 2 is 1.68 bits per heavy atom. The van der Waals surface area contributed by atoms with Crippen molar-refractivity contribution < 1.29 is 19.5 Å². The SMILES string of the molecule is Cc1ccccc1C1c2[nH]c3ccccc3c2CC2C(=O)N(c3ccccc3C(=O)O)C(=O)N21. The summed E-state index contributed by atoms with van der Waals surface area (Å²) in [7, 11) is 0. The van der Waals surface area contributed by atoms with Crippen molar-refractivity contribution >= 4 is 34.5 Å². The Labute approximate surface area is 195 Å². The number of nitrogens with zero attached hydrogens (tertiary/aromatic N) is 2. The lowest BCUT2D eigenvalue weighted by Crippen LogP contribution is -2.44. The van der Waals surface area contributed by atoms with Crippen LogP contribution in [0.4, 0.5) is 10.5 Å². The molecule has 1 fully saturated rings. The van der Waals surface area contributed by atoms with Gasteiger partial charge in [-0.15, -0.1) is 0 Å². The Morgan fingerprint density at radius 3 is 2.47 bits per heavy atom. The van der Waals surface area contributed by atoms with Crippen molar-refractivity contribution in [2.24, 2.45) is 0 Å². The van der Waals surface area contributed by atoms with Crippen LogP contribution in [0.1, 0.15) is 38.8 Å². The van der Waals surface area contributed by atoms with Gasteiger partial charge in [-0.1, -0.05) is 54.6 Å². The molecule has 3 amide bonds. The number of hydrogen-bond donors (Lipinski definition) is 2. The number of carbonyl (C=O) groups excluding carboxylic acids is 2. The molecule has 3 heterocycles. The molecule has 168 valence electrons. The number of rotatable bonds is 3. The summed E-state index contributed by atoms with van der Waals surface area (Å²) in [5.41, 5.74) is 4.80. The monoisotopic (exact) mass is 451 g/mol. The van der Waals surface area contributed by atoms with Crippen molar-refractivity contribution in [1.82, 2.24) is 9.88 Å². The highest BCUT2D eigenvalue weighted by Gasteiger charge is 2.53. The average molecular weight is 451 g/mol. The van der Waals surface area contributed by atoms with Crippen LogP contribution in [0.5, 0.6) is 0 Å². The van der Waals surface area contributed by atoms with Gasteiger partial charge in [-0.05, 0) is 41.8 Å². The van der Waals surface area contributed by atoms with Gasteiger partial charge in [0, 0.05) is 23.0 Å². The molecule has 2 N–H and O–H groups in total. The van der Waals surface area contributed by atoms with E-state index in [1.165, 1.54) is 12.1 Å². The third-order valence-corrected chi connectivity index (χ3v) is 6.91. The summed E-state index contributed by atoms with van der Waals surface area (Å²) in [6, 6.07) is 20.1. The molecule has 1 saturated heterocycles. The second kappa shape index (κ2) is 7.31. The first-order valence-electron chi connectivity index (χ1n) is 11.1. The van der Waals surface area contributed by atoms with Gasteiger partial charge in [0.25, 0.3) is 5.91 Å². The van der Waals surface area contributed by atoms with E-state index in [9.17, 15) is 19.5 Å². The summed E-state index contributed by atoms with van der Waals surface area (Å²) in [6.07, 6.45) is 0.359. The first kappa shape index (κ1) is 20.2. The van der Waals surface area contributed by atoms with E-state index in [0.717, 1.165) is 38.2 Å². The van der Waals surface area contributed by atoms with E-state index in [-0.39, 0.29) is 11.3 Å². The van der Waals surface area contributed by atoms with Gasteiger partial charge in [-0.25, -0.2) is 14.5 Å². The number of para-hydroxylation sites is 2. The number of urea groups is 1. The summed E-state index contributed by atoms with van der Waals surface area (Å²) < 4.78 is 0. The fraction of sp³-hybridized carbons (Fsp3) is 0.148. The number of amides is 3. The van der Waals surface area contributed by atoms with Gasteiger partial charge >= 0.3 is 12.0 Å². The van der Waals surface area contributed by atoms with Crippen LogP contribution < -0.4 is 4.90 Å². The van der Waals surface area contributed by atoms with E-state index in [2.05, 4.69) is 4.98 Å². The highest BCUT2D eigenvalue weighted by atomic mass is 16.4. The highest BCUT2D eigenvalue weighted by Crippen LogP contribution is 2.45. The number of aromatic amines is 1. The van der Waals surface area contributed by atoms with Crippen molar-refractivity contribution in [3.8, 4) is 0 Å². The van der Waals surface area contributed by atoms with Crippen LogP contribution in [0.15, 0.2) is 72.8 Å². The number of carboxylic acids is 1. The Hall–Kier alpha value is -4.39. The zero-order chi connectivity index (χ0) is 23.6. The van der Waals surface area contributed by atoms with Gasteiger partial charge in [0.1, 0.15) is 12.1 Å². The molecule has 7 nitrogen and oxygen atoms in total. The first-order valence-corrected chi connectivity index (χ1v) is 11.1. The first-order chi connectivity index (χ1) is 16.5. The molecule has 7 heteroatoms. The number of aryl methyl sites for hydroxylation is 1. The number of carboxylic acid groups (broad SMARTS) is 1. The van der Waals surface area contributed by atoms with E-state index in [4.69, 9.17) is 0 Å². The fourth-order valence-electron chi connectivity index (χ4n) is 5.36. The fourth-order valence-corrected chi connectivity index (χ4v) is 5.36. The van der Waals surface area contributed by atoms with Gasteiger partial charge < -0.3 is 10.1 Å². The molecular weight excluding hydrogens is 430 g/mol. The maximum absolute atomic E-state index is 13.9. The number of aromatic nitrogens is 1. The summed E-state index contributed by atoms with van der Waals surface area (Å²) >= 11 is 0. The molecule has 2 unspecified atom stereocenters. The number of hydrogen-bond acceptors (Lipinski definition) is 3. The topological polar surface area (TPSA) is 93.7 Å². The lowest BCUT2D eigenvalue weighted by atomic mass is 9.87. The Kier molecular flexibility index (Phi) is 4.35. The number of aromatic carboxylic acids is 1. The van der Waals surface area contributed by atoms with Gasteiger partial charge in [0.05, 0.1) is 11.3 Å². The van der Waals surface area contributed by atoms with Crippen LogP contribution >= 0.6 is 0 Å². The largest absolute Gasteiger partial charge is 0.478 e. The number of benzene rings is 3. The van der Waals surface area contributed by atoms with E-state index in [0.29, 0.717) is 6.42 Å². The minimum absolute atomic E-state index is 0.0829. The number of nitrogens with one attached hydrogen (secondary N) is 1. The van der Waals surface area contributed by atoms with Crippen LogP contribution in [-0.2, 0) is 11.2 Å². The van der Waals surface area contributed by atoms with E-state index >= 15 is 0 Å². The summed E-state index contributed by atoms with van der Waals surface area (Å²) in [4.78, 5) is 45.6. The van der Waals surface area contributed by atoms with Crippen LogP contribution in [0.2, 0.25) is 0 Å². The van der Waals surface area contributed by atoms with Crippen molar-refractivity contribution in [3.63, 3.8) is 0 Å². The van der Waals surface area contributed by atoms with Crippen LogP contribution in [0, 0.1) is 6.92 Å². The highest BCUT2D eigenvalue weighted by molar-refractivity contribution is 6.23. The summed E-state index contributed by atoms with van der Waals surface area (Å²) in [6.45, 7) is 1.99. The van der Waals surface area contributed by atoms with Gasteiger partial charge in [-0.3, -0.25) is 9.69 Å². The molecule has 6 rings (SSSR count). The molecule has 2 atom stereocenters. The van der Waals surface area contributed by atoms with E-state index in [1.807, 2.05) is 55.5 Å². The van der Waals surface area contributed by atoms with Gasteiger partial charge in [0.2, 0.25) is 0 Å². The number of anilines is 1. The minimum Gasteiger partial charge on any atom is -0.478 e. The standard InChI is InChI=1S/C27H21N3O4/c1-15-8-2-3-9-16(15)24-23-19(17-10-4-6-12-20(17)28-23)14-22-25(31)30(27(34)29(22)24)21-13-7-5-11-18(21)26(32)33/h2-13,22,24,28H,14H2,1H3,(H,32,33). The third kappa shape index (κ3) is 2.73. The Bertz CT molecular complexity index is 1500. The lowest BCUT2D eigenvalue weighted by molar-refractivity contribution is -0.120. The van der Waals surface area contributed by atoms with Crippen molar-refractivity contribution in [2.75, 3.05) is 4.90 Å². The summed E-state index contributed by atoms with van der Waals surface area (Å²) in [5, 5.41) is 10.7. The number of carbonyl (C=O) groups is 3. The molecule has 0 aliphatic carbocycles. The Morgan fingerprint density at radius 1 is 0.971 bits per heavy atom. The quantitative estimate of drug-likeness (QED) is 0.443. The van der Waals surface area contributed by atoms with Gasteiger partial charge in [-0.2, -0.15) is 0 Å². The normalized spacial score (nSPS) is 19.4. The average Bonchev–Trinajstić information content (AvgIpc) is 3.33. The minimum atomic E-state index is -1.19. The van der Waals surface area contributed by atoms with E-state index in [1.54, 1.807) is 17.0 Å². The molecular formula is C27H21N3O4. The molecule has 4 aromatic rings. The molecule has 3 aromatic carbocycles. The zero-order valence-corrected chi connectivity index (χ0v) is 18.4. The molecule has 0 bridgehead atoms. The molecule has 34 heavy (non-hydrogen) atoms. The lowest BCUT2D eigenvalue weighted by Gasteiger charge is -2.36. The van der Waals surface area contributed by atoms with Crippen molar-refractivity contribution in [2.45, 2.75) is 25.4 Å². The molecule has 0 saturated carbocycles. The second-order valence-corrected chi connectivity index (χ2v) is 8.73. The predicted octanol–water partition coefficient (Wildman–Crippen LogP) is 4.66. The third-order valence-electron chi connectivity index (χ3n) is 6.91. The van der Waals surface area contributed by atoms with Crippen LogP contribution in [0.3, 0.4) is 0 Å². The van der Waals surface area contributed by atoms with E-state index < -0.39 is 30.0 Å². The number of imide groups is 1. The summed E-state index contributed by atoms with van der Waals surface area (Å²) in [5.74, 6) is -1.60. The molecule has 2 aliphatic heterocycles. The van der Waals surface area contributed by atoms with Crippen molar-refractivity contribution in [3.05, 3.63) is 101 Å². The predicted molar refractivity (Wildman–Crippen MR) is 127 cm³/mol.